The number of pyridine rings is 2. The third-order valence-electron chi connectivity index (χ3n) is 8.24. The van der Waals surface area contributed by atoms with E-state index in [1.54, 1.807) is 27.9 Å². The molecule has 2 N–H and O–H groups in total. The highest BCUT2D eigenvalue weighted by molar-refractivity contribution is 7.25. The quantitative estimate of drug-likeness (QED) is 0.182. The summed E-state index contributed by atoms with van der Waals surface area (Å²) in [4.78, 5) is 49.3. The van der Waals surface area contributed by atoms with Crippen LogP contribution >= 0.6 is 34.3 Å². The van der Waals surface area contributed by atoms with Crippen molar-refractivity contribution in [1.29, 1.82) is 0 Å². The minimum atomic E-state index is -0.0994. The second kappa shape index (κ2) is 13.7. The van der Waals surface area contributed by atoms with Crippen molar-refractivity contribution >= 4 is 92.3 Å². The summed E-state index contributed by atoms with van der Waals surface area (Å²) in [6, 6.07) is 19.2. The molecule has 6 heterocycles. The molecule has 0 unspecified atom stereocenters. The van der Waals surface area contributed by atoms with Crippen LogP contribution in [-0.2, 0) is 0 Å². The van der Waals surface area contributed by atoms with E-state index in [1.807, 2.05) is 106 Å². The summed E-state index contributed by atoms with van der Waals surface area (Å²) in [5.41, 5.74) is 12.7. The lowest BCUT2D eigenvalue weighted by Crippen LogP contribution is -2.17. The molecule has 0 amide bonds. The average Bonchev–Trinajstić information content (AvgIpc) is 3.65. The number of thiophene rings is 2. The molecule has 51 heavy (non-hydrogen) atoms. The number of aromatic nitrogens is 6. The van der Waals surface area contributed by atoms with Gasteiger partial charge in [0, 0.05) is 34.3 Å². The van der Waals surface area contributed by atoms with E-state index in [9.17, 15) is 9.59 Å². The Morgan fingerprint density at radius 1 is 0.667 bits per heavy atom. The van der Waals surface area contributed by atoms with Gasteiger partial charge in [0.15, 0.2) is 0 Å². The van der Waals surface area contributed by atoms with Crippen LogP contribution in [0, 0.1) is 13.8 Å². The Labute approximate surface area is 306 Å². The van der Waals surface area contributed by atoms with Crippen LogP contribution in [0.15, 0.2) is 82.9 Å². The fourth-order valence-electron chi connectivity index (χ4n) is 5.69. The molecule has 6 aromatic heterocycles. The fourth-order valence-corrected chi connectivity index (χ4v) is 8.09. The molecule has 8 aromatic rings. The first-order chi connectivity index (χ1) is 23.9. The van der Waals surface area contributed by atoms with Gasteiger partial charge in [0.05, 0.1) is 33.5 Å². The Hall–Kier alpha value is -5.37. The molecule has 260 valence electrons. The number of benzene rings is 2. The standard InChI is InChI=1S/C18H15ClN4OS.C18H17N5OS.CH4/c2*1-10-4-6-11(7-5-10)23-9-20-15-14-12(22(2)3)8-13(19)21-17(14)25-16(15)18(23)24;/h4-9H,1-3H3;4-9H,1-3H3,(H2,19,21);1H4. The minimum Gasteiger partial charge on any atom is -0.384 e. The Morgan fingerprint density at radius 2 is 1.08 bits per heavy atom. The van der Waals surface area contributed by atoms with Crippen LogP contribution < -0.4 is 26.7 Å². The number of halogens is 1. The first-order valence-corrected chi connectivity index (χ1v) is 17.5. The van der Waals surface area contributed by atoms with Gasteiger partial charge in [-0.2, -0.15) is 0 Å². The van der Waals surface area contributed by atoms with Gasteiger partial charge >= 0.3 is 0 Å². The molecule has 0 saturated carbocycles. The highest BCUT2D eigenvalue weighted by Gasteiger charge is 2.19. The SMILES string of the molecule is C.Cc1ccc(-n2cnc3c(sc4nc(Cl)cc(N(C)C)c43)c2=O)cc1.Cc1ccc(-n2cnc3c(sc4nc(N)cc(N(C)C)c43)c2=O)cc1. The summed E-state index contributed by atoms with van der Waals surface area (Å²) in [5.74, 6) is 0.432. The highest BCUT2D eigenvalue weighted by atomic mass is 35.5. The van der Waals surface area contributed by atoms with Crippen molar-refractivity contribution in [3.05, 3.63) is 110 Å². The van der Waals surface area contributed by atoms with E-state index in [0.29, 0.717) is 31.4 Å². The highest BCUT2D eigenvalue weighted by Crippen LogP contribution is 2.38. The maximum atomic E-state index is 13.0. The number of fused-ring (bicyclic) bond motifs is 6. The number of hydrogen-bond acceptors (Lipinski definition) is 11. The van der Waals surface area contributed by atoms with Gasteiger partial charge in [0.2, 0.25) is 0 Å². The number of rotatable bonds is 4. The molecule has 0 saturated heterocycles. The van der Waals surface area contributed by atoms with Crippen LogP contribution in [0.2, 0.25) is 5.15 Å². The van der Waals surface area contributed by atoms with Crippen molar-refractivity contribution in [3.8, 4) is 11.4 Å². The maximum absolute atomic E-state index is 13.0. The molecular formula is C37H36ClN9O2S2. The molecule has 0 spiro atoms. The third-order valence-corrected chi connectivity index (χ3v) is 10.6. The third kappa shape index (κ3) is 6.39. The molecule has 0 radical (unpaired) electrons. The summed E-state index contributed by atoms with van der Waals surface area (Å²) < 4.78 is 4.29. The monoisotopic (exact) mass is 737 g/mol. The van der Waals surface area contributed by atoms with E-state index in [1.165, 1.54) is 22.7 Å². The van der Waals surface area contributed by atoms with Gasteiger partial charge in [0.1, 0.15) is 53.7 Å². The zero-order valence-corrected chi connectivity index (χ0v) is 30.5. The predicted octanol–water partition coefficient (Wildman–Crippen LogP) is 7.61. The van der Waals surface area contributed by atoms with Gasteiger partial charge in [-0.05, 0) is 44.2 Å². The number of aryl methyl sites for hydroxylation is 2. The largest absolute Gasteiger partial charge is 0.384 e. The summed E-state index contributed by atoms with van der Waals surface area (Å²) in [6.45, 7) is 4.02. The first kappa shape index (κ1) is 35.5. The van der Waals surface area contributed by atoms with Gasteiger partial charge < -0.3 is 15.5 Å². The molecule has 2 aromatic carbocycles. The van der Waals surface area contributed by atoms with Gasteiger partial charge in [0.25, 0.3) is 11.1 Å². The molecule has 0 bridgehead atoms. The normalized spacial score (nSPS) is 11.1. The summed E-state index contributed by atoms with van der Waals surface area (Å²) in [5, 5.41) is 2.14. The van der Waals surface area contributed by atoms with Crippen LogP contribution in [-0.4, -0.2) is 57.3 Å². The average molecular weight is 738 g/mol. The van der Waals surface area contributed by atoms with E-state index in [4.69, 9.17) is 17.3 Å². The Balaban J connectivity index is 0.000000172. The van der Waals surface area contributed by atoms with Crippen molar-refractivity contribution in [2.75, 3.05) is 43.7 Å². The van der Waals surface area contributed by atoms with Crippen molar-refractivity contribution < 1.29 is 0 Å². The topological polar surface area (TPSA) is 128 Å². The second-order valence-corrected chi connectivity index (χ2v) is 14.6. The van der Waals surface area contributed by atoms with E-state index < -0.39 is 0 Å². The van der Waals surface area contributed by atoms with Crippen LogP contribution in [0.1, 0.15) is 18.6 Å². The van der Waals surface area contributed by atoms with E-state index >= 15 is 0 Å². The molecule has 8 rings (SSSR count). The zero-order chi connectivity index (χ0) is 35.4. The molecular weight excluding hydrogens is 702 g/mol. The summed E-state index contributed by atoms with van der Waals surface area (Å²) >= 11 is 8.80. The lowest BCUT2D eigenvalue weighted by Gasteiger charge is -2.14. The van der Waals surface area contributed by atoms with Crippen LogP contribution in [0.4, 0.5) is 17.2 Å². The van der Waals surface area contributed by atoms with E-state index in [2.05, 4.69) is 19.9 Å². The lowest BCUT2D eigenvalue weighted by atomic mass is 10.2. The Kier molecular flexibility index (Phi) is 9.55. The van der Waals surface area contributed by atoms with Crippen LogP contribution in [0.25, 0.3) is 52.2 Å². The number of anilines is 3. The molecule has 0 atom stereocenters. The van der Waals surface area contributed by atoms with Crippen molar-refractivity contribution in [1.82, 2.24) is 29.1 Å². The first-order valence-electron chi connectivity index (χ1n) is 15.5. The van der Waals surface area contributed by atoms with Crippen LogP contribution in [0.3, 0.4) is 0 Å². The molecule has 0 aliphatic rings. The van der Waals surface area contributed by atoms with Gasteiger partial charge in [-0.25, -0.2) is 19.9 Å². The lowest BCUT2D eigenvalue weighted by molar-refractivity contribution is 0.966. The summed E-state index contributed by atoms with van der Waals surface area (Å²) in [7, 11) is 7.74. The fraction of sp³-hybridized carbons (Fsp3) is 0.189. The number of nitrogen functional groups attached to an aromatic ring is 1. The van der Waals surface area contributed by atoms with Crippen molar-refractivity contribution in [2.45, 2.75) is 21.3 Å². The number of nitrogens with two attached hydrogens (primary N) is 1. The molecule has 14 heteroatoms. The molecule has 11 nitrogen and oxygen atoms in total. The second-order valence-electron chi connectivity index (χ2n) is 12.2. The van der Waals surface area contributed by atoms with Crippen molar-refractivity contribution in [2.24, 2.45) is 0 Å². The van der Waals surface area contributed by atoms with Gasteiger partial charge in [-0.15, -0.1) is 22.7 Å². The van der Waals surface area contributed by atoms with Gasteiger partial charge in [-0.1, -0.05) is 54.4 Å². The number of hydrogen-bond donors (Lipinski definition) is 1. The Bertz CT molecular complexity index is 2510. The van der Waals surface area contributed by atoms with E-state index in [-0.39, 0.29) is 18.5 Å². The predicted molar refractivity (Wildman–Crippen MR) is 215 cm³/mol. The molecule has 0 aliphatic heterocycles. The zero-order valence-electron chi connectivity index (χ0n) is 28.1. The van der Waals surface area contributed by atoms with Crippen molar-refractivity contribution in [3.63, 3.8) is 0 Å². The number of nitrogens with zero attached hydrogens (tertiary/aromatic N) is 8. The van der Waals surface area contributed by atoms with Gasteiger partial charge in [-0.3, -0.25) is 18.7 Å². The molecule has 0 fully saturated rings. The van der Waals surface area contributed by atoms with E-state index in [0.717, 1.165) is 54.3 Å². The minimum absolute atomic E-state index is 0. The Morgan fingerprint density at radius 3 is 1.51 bits per heavy atom. The molecule has 0 aliphatic carbocycles. The smallest absolute Gasteiger partial charge is 0.275 e. The summed E-state index contributed by atoms with van der Waals surface area (Å²) in [6.07, 6.45) is 3.16. The van der Waals surface area contributed by atoms with Crippen LogP contribution in [0.5, 0.6) is 0 Å². The maximum Gasteiger partial charge on any atom is 0.275 e.